The minimum absolute atomic E-state index is 0.133. The van der Waals surface area contributed by atoms with Gasteiger partial charge in [-0.25, -0.2) is 0 Å². The standard InChI is InChI=1S/C19H18N2O3/c1-13-19(24)17(22)9-11-21(13)12-10-18(23)20-16-8-4-6-14-5-2-3-7-15(14)16/h2-9,11,24H,10,12H2,1H3,(H,20,23)/p+1. The number of fused-ring (bicyclic) bond motifs is 1. The molecule has 0 saturated carbocycles. The zero-order valence-electron chi connectivity index (χ0n) is 13.4. The second-order valence-corrected chi connectivity index (χ2v) is 5.72. The van der Waals surface area contributed by atoms with Crippen molar-refractivity contribution < 1.29 is 19.9 Å². The number of nitrogens with one attached hydrogen (secondary N) is 1. The van der Waals surface area contributed by atoms with Crippen LogP contribution >= 0.6 is 0 Å². The maximum Gasteiger partial charge on any atom is 0.392 e. The molecule has 2 aromatic rings. The van der Waals surface area contributed by atoms with E-state index in [1.54, 1.807) is 13.1 Å². The van der Waals surface area contributed by atoms with Gasteiger partial charge in [0.1, 0.15) is 6.20 Å². The van der Waals surface area contributed by atoms with Crippen LogP contribution < -0.4 is 10.0 Å². The van der Waals surface area contributed by atoms with E-state index in [0.717, 1.165) is 15.7 Å². The first-order chi connectivity index (χ1) is 11.6. The Bertz CT molecular complexity index is 876. The maximum absolute atomic E-state index is 12.2. The molecule has 3 N–H and O–H groups in total. The molecule has 0 saturated heterocycles. The molecule has 1 aliphatic rings. The highest BCUT2D eigenvalue weighted by Gasteiger charge is 2.27. The third-order valence-electron chi connectivity index (χ3n) is 4.14. The van der Waals surface area contributed by atoms with E-state index in [0.29, 0.717) is 17.9 Å². The van der Waals surface area contributed by atoms with E-state index in [9.17, 15) is 15.0 Å². The van der Waals surface area contributed by atoms with Crippen molar-refractivity contribution in [1.82, 2.24) is 0 Å². The van der Waals surface area contributed by atoms with Crippen molar-refractivity contribution in [2.24, 2.45) is 4.99 Å². The largest absolute Gasteiger partial charge is 0.862 e. The van der Waals surface area contributed by atoms with Gasteiger partial charge in [0.05, 0.1) is 18.3 Å². The fraction of sp³-hybridized carbons (Fsp3) is 0.158. The summed E-state index contributed by atoms with van der Waals surface area (Å²) in [5.74, 6) is -0.493. The van der Waals surface area contributed by atoms with E-state index in [1.165, 1.54) is 6.08 Å². The summed E-state index contributed by atoms with van der Waals surface area (Å²) in [5.41, 5.74) is 1.26. The zero-order valence-corrected chi connectivity index (χ0v) is 13.4. The van der Waals surface area contributed by atoms with Crippen LogP contribution in [0.2, 0.25) is 0 Å². The smallest absolute Gasteiger partial charge is 0.392 e. The van der Waals surface area contributed by atoms with Gasteiger partial charge in [0.2, 0.25) is 0 Å². The van der Waals surface area contributed by atoms with Crippen LogP contribution in [-0.2, 0) is 0 Å². The molecule has 5 nitrogen and oxygen atoms in total. The number of aliphatic hydroxyl groups is 1. The van der Waals surface area contributed by atoms with Gasteiger partial charge in [-0.1, -0.05) is 36.4 Å². The quantitative estimate of drug-likeness (QED) is 0.506. The van der Waals surface area contributed by atoms with Crippen molar-refractivity contribution >= 4 is 28.1 Å². The number of hydrogen-bond acceptors (Lipinski definition) is 3. The Morgan fingerprint density at radius 1 is 1.21 bits per heavy atom. The van der Waals surface area contributed by atoms with Gasteiger partial charge in [0, 0.05) is 18.7 Å². The topological polar surface area (TPSA) is 81.5 Å². The minimum Gasteiger partial charge on any atom is -0.862 e. The molecule has 2 aromatic carbocycles. The van der Waals surface area contributed by atoms with Crippen LogP contribution in [0.3, 0.4) is 0 Å². The Kier molecular flexibility index (Phi) is 4.44. The number of quaternary nitrogens is 1. The van der Waals surface area contributed by atoms with E-state index >= 15 is 0 Å². The molecular formula is C19H19N2O3+. The van der Waals surface area contributed by atoms with Crippen LogP contribution in [0.1, 0.15) is 13.3 Å². The molecule has 1 unspecified atom stereocenters. The van der Waals surface area contributed by atoms with Crippen molar-refractivity contribution in [3.63, 3.8) is 0 Å². The van der Waals surface area contributed by atoms with Gasteiger partial charge in [-0.2, -0.15) is 0 Å². The number of allylic oxidation sites excluding steroid dienone is 2. The molecule has 24 heavy (non-hydrogen) atoms. The van der Waals surface area contributed by atoms with Crippen LogP contribution in [0.25, 0.3) is 10.8 Å². The monoisotopic (exact) mass is 323 g/mol. The Balaban J connectivity index is 1.75. The van der Waals surface area contributed by atoms with Crippen LogP contribution in [0.15, 0.2) is 71.2 Å². The summed E-state index contributed by atoms with van der Waals surface area (Å²) in [6, 6.07) is 13.5. The fourth-order valence-electron chi connectivity index (χ4n) is 2.74. The molecule has 1 atom stereocenters. The first-order valence-corrected chi connectivity index (χ1v) is 7.79. The molecule has 0 aliphatic carbocycles. The number of nitrogens with zero attached hydrogens (tertiary/aromatic N) is 1. The predicted molar refractivity (Wildman–Crippen MR) is 92.9 cm³/mol. The summed E-state index contributed by atoms with van der Waals surface area (Å²) in [4.78, 5) is 14.5. The lowest BCUT2D eigenvalue weighted by Crippen LogP contribution is -3.06. The van der Waals surface area contributed by atoms with E-state index in [2.05, 4.69) is 4.99 Å². The molecule has 0 amide bonds. The van der Waals surface area contributed by atoms with E-state index in [1.807, 2.05) is 42.5 Å². The van der Waals surface area contributed by atoms with Crippen molar-refractivity contribution in [3.8, 4) is 0 Å². The van der Waals surface area contributed by atoms with E-state index < -0.39 is 0 Å². The van der Waals surface area contributed by atoms with E-state index in [-0.39, 0.29) is 23.9 Å². The summed E-state index contributed by atoms with van der Waals surface area (Å²) in [7, 11) is 0. The number of ketones is 1. The van der Waals surface area contributed by atoms with Crippen molar-refractivity contribution in [2.45, 2.75) is 13.3 Å². The number of hydrogen-bond donors (Lipinski definition) is 2. The Labute approximate surface area is 139 Å². The lowest BCUT2D eigenvalue weighted by atomic mass is 10.1. The van der Waals surface area contributed by atoms with Crippen LogP contribution in [0.4, 0.5) is 5.69 Å². The lowest BCUT2D eigenvalue weighted by Gasteiger charge is -2.19. The SMILES string of the molecule is CC1=C(O)C(=[OH+])C=C[NH+]1CCC([O-])=Nc1cccc2ccccc12. The number of aliphatic hydroxyl groups excluding tert-OH is 1. The molecule has 5 heteroatoms. The Morgan fingerprint density at radius 3 is 2.79 bits per heavy atom. The van der Waals surface area contributed by atoms with Gasteiger partial charge in [-0.05, 0) is 17.4 Å². The van der Waals surface area contributed by atoms with Crippen molar-refractivity contribution in [1.29, 1.82) is 0 Å². The molecule has 0 spiro atoms. The average molecular weight is 323 g/mol. The second-order valence-electron chi connectivity index (χ2n) is 5.72. The zero-order chi connectivity index (χ0) is 17.1. The lowest BCUT2D eigenvalue weighted by molar-refractivity contribution is -0.806. The van der Waals surface area contributed by atoms with Crippen molar-refractivity contribution in [2.75, 3.05) is 6.54 Å². The normalized spacial score (nSPS) is 18.5. The number of aliphatic imine (C=N–C) groups is 1. The maximum atomic E-state index is 12.2. The Morgan fingerprint density at radius 2 is 1.96 bits per heavy atom. The van der Waals surface area contributed by atoms with Gasteiger partial charge in [-0.3, -0.25) is 14.7 Å². The molecular weight excluding hydrogens is 304 g/mol. The Hall–Kier alpha value is -2.92. The average Bonchev–Trinajstić information content (AvgIpc) is 2.59. The highest BCUT2D eigenvalue weighted by molar-refractivity contribution is 6.03. The van der Waals surface area contributed by atoms with Gasteiger partial charge in [0.25, 0.3) is 5.76 Å². The molecule has 0 aromatic heterocycles. The predicted octanol–water partition coefficient (Wildman–Crippen LogP) is 1.37. The highest BCUT2D eigenvalue weighted by Crippen LogP contribution is 2.25. The first-order valence-electron chi connectivity index (χ1n) is 7.79. The highest BCUT2D eigenvalue weighted by atomic mass is 16.3. The third kappa shape index (κ3) is 3.21. The molecule has 3 rings (SSSR count). The summed E-state index contributed by atoms with van der Waals surface area (Å²) in [6.07, 6.45) is 3.40. The molecule has 0 fully saturated rings. The number of rotatable bonds is 4. The van der Waals surface area contributed by atoms with Crippen molar-refractivity contribution in [3.05, 3.63) is 66.2 Å². The molecule has 0 radical (unpaired) electrons. The van der Waals surface area contributed by atoms with E-state index in [4.69, 9.17) is 0 Å². The summed E-state index contributed by atoms with van der Waals surface area (Å²) in [5, 5.41) is 24.0. The minimum atomic E-state index is -0.210. The molecule has 122 valence electrons. The second kappa shape index (κ2) is 6.68. The third-order valence-corrected chi connectivity index (χ3v) is 4.14. The van der Waals surface area contributed by atoms with Gasteiger partial charge in [-0.15, -0.1) is 0 Å². The van der Waals surface area contributed by atoms with Gasteiger partial charge in [0.15, 0.2) is 5.70 Å². The van der Waals surface area contributed by atoms with Crippen LogP contribution in [0, 0.1) is 0 Å². The molecule has 0 bridgehead atoms. The molecule has 1 aliphatic heterocycles. The number of benzene rings is 2. The van der Waals surface area contributed by atoms with Crippen LogP contribution in [0.5, 0.6) is 0 Å². The van der Waals surface area contributed by atoms with Gasteiger partial charge >= 0.3 is 5.78 Å². The van der Waals surface area contributed by atoms with Gasteiger partial charge < -0.3 is 10.2 Å². The summed E-state index contributed by atoms with van der Waals surface area (Å²) < 4.78 is 0. The summed E-state index contributed by atoms with van der Waals surface area (Å²) >= 11 is 0. The fourth-order valence-corrected chi connectivity index (χ4v) is 2.74. The summed E-state index contributed by atoms with van der Waals surface area (Å²) in [6.45, 7) is 2.18. The molecule has 1 heterocycles. The first kappa shape index (κ1) is 16.0. The van der Waals surface area contributed by atoms with Crippen LogP contribution in [-0.4, -0.2) is 28.1 Å². The number of carbonyl (C=O) groups excluding carboxylic acids is 1.